The Labute approximate surface area is 81.9 Å². The van der Waals surface area contributed by atoms with Crippen molar-refractivity contribution in [3.05, 3.63) is 22.5 Å². The van der Waals surface area contributed by atoms with Gasteiger partial charge < -0.3 is 10.1 Å². The number of carbonyl (C=O) groups is 2. The molecular formula is C10H13NO3. The van der Waals surface area contributed by atoms with Crippen molar-refractivity contribution in [2.45, 2.75) is 26.7 Å². The number of carboxylic acids is 1. The normalized spacial score (nSPS) is 10.6. The van der Waals surface area contributed by atoms with Gasteiger partial charge in [-0.25, -0.2) is 4.79 Å². The van der Waals surface area contributed by atoms with Gasteiger partial charge in [-0.1, -0.05) is 13.8 Å². The quantitative estimate of drug-likeness (QED) is 0.724. The lowest BCUT2D eigenvalue weighted by molar-refractivity contribution is 0.0694. The van der Waals surface area contributed by atoms with E-state index in [1.54, 1.807) is 6.92 Å². The number of nitrogens with one attached hydrogen (secondary N) is 1. The second-order valence-corrected chi connectivity index (χ2v) is 3.53. The van der Waals surface area contributed by atoms with Gasteiger partial charge in [-0.2, -0.15) is 0 Å². The maximum Gasteiger partial charge on any atom is 0.337 e. The summed E-state index contributed by atoms with van der Waals surface area (Å²) in [5, 5.41) is 8.97. The van der Waals surface area contributed by atoms with Crippen molar-refractivity contribution in [1.82, 2.24) is 4.98 Å². The first-order chi connectivity index (χ1) is 6.49. The molecule has 0 spiro atoms. The molecule has 0 radical (unpaired) electrons. The Morgan fingerprint density at radius 1 is 1.50 bits per heavy atom. The molecule has 76 valence electrons. The van der Waals surface area contributed by atoms with Gasteiger partial charge >= 0.3 is 5.97 Å². The van der Waals surface area contributed by atoms with Crippen LogP contribution in [0.1, 0.15) is 51.9 Å². The minimum absolute atomic E-state index is 0.0197. The van der Waals surface area contributed by atoms with E-state index >= 15 is 0 Å². The van der Waals surface area contributed by atoms with E-state index in [0.29, 0.717) is 23.2 Å². The van der Waals surface area contributed by atoms with Crippen LogP contribution in [0.25, 0.3) is 0 Å². The summed E-state index contributed by atoms with van der Waals surface area (Å²) in [6.07, 6.45) is 0.661. The topological polar surface area (TPSA) is 70.2 Å². The van der Waals surface area contributed by atoms with Gasteiger partial charge in [0.1, 0.15) is 0 Å². The average molecular weight is 195 g/mol. The fourth-order valence-corrected chi connectivity index (χ4v) is 1.64. The van der Waals surface area contributed by atoms with Crippen molar-refractivity contribution in [3.63, 3.8) is 0 Å². The molecule has 2 N–H and O–H groups in total. The Morgan fingerprint density at radius 2 is 2.07 bits per heavy atom. The third kappa shape index (κ3) is 1.55. The Hall–Kier alpha value is -1.58. The fraction of sp³-hybridized carbons (Fsp3) is 0.400. The molecule has 0 fully saturated rings. The molecule has 0 unspecified atom stereocenters. The summed E-state index contributed by atoms with van der Waals surface area (Å²) in [5.41, 5.74) is 1.71. The van der Waals surface area contributed by atoms with Gasteiger partial charge in [-0.3, -0.25) is 4.79 Å². The summed E-state index contributed by atoms with van der Waals surface area (Å²) in [6, 6.07) is 0. The highest BCUT2D eigenvalue weighted by Crippen LogP contribution is 2.25. The summed E-state index contributed by atoms with van der Waals surface area (Å²) in [6.45, 7) is 5.38. The molecule has 4 nitrogen and oxygen atoms in total. The zero-order valence-corrected chi connectivity index (χ0v) is 8.42. The Balaban J connectivity index is 3.46. The van der Waals surface area contributed by atoms with Crippen LogP contribution < -0.4 is 0 Å². The predicted molar refractivity (Wildman–Crippen MR) is 52.0 cm³/mol. The first-order valence-electron chi connectivity index (χ1n) is 4.40. The standard InChI is InChI=1S/C10H13NO3/c1-5(2)8-7(4-12)11-6(3)9(8)10(13)14/h4-5,11H,1-3H3,(H,13,14). The van der Waals surface area contributed by atoms with E-state index in [2.05, 4.69) is 4.98 Å². The molecule has 0 aliphatic heterocycles. The molecule has 1 rings (SSSR count). The van der Waals surface area contributed by atoms with Crippen LogP contribution in [0, 0.1) is 6.92 Å². The largest absolute Gasteiger partial charge is 0.478 e. The third-order valence-corrected chi connectivity index (χ3v) is 2.17. The Kier molecular flexibility index (Phi) is 2.74. The summed E-state index contributed by atoms with van der Waals surface area (Å²) >= 11 is 0. The summed E-state index contributed by atoms with van der Waals surface area (Å²) in [4.78, 5) is 24.4. The van der Waals surface area contributed by atoms with Crippen molar-refractivity contribution in [2.24, 2.45) is 0 Å². The highest BCUT2D eigenvalue weighted by Gasteiger charge is 2.21. The van der Waals surface area contributed by atoms with Gasteiger partial charge in [0.05, 0.1) is 11.3 Å². The fourth-order valence-electron chi connectivity index (χ4n) is 1.64. The molecule has 0 bridgehead atoms. The van der Waals surface area contributed by atoms with Crippen molar-refractivity contribution >= 4 is 12.3 Å². The van der Waals surface area contributed by atoms with Crippen LogP contribution >= 0.6 is 0 Å². The van der Waals surface area contributed by atoms with Crippen LogP contribution in [0.4, 0.5) is 0 Å². The molecule has 0 saturated heterocycles. The van der Waals surface area contributed by atoms with E-state index in [1.165, 1.54) is 0 Å². The molecule has 4 heteroatoms. The number of rotatable bonds is 3. The van der Waals surface area contributed by atoms with E-state index in [9.17, 15) is 9.59 Å². The maximum absolute atomic E-state index is 10.9. The monoisotopic (exact) mass is 195 g/mol. The first kappa shape index (κ1) is 10.5. The van der Waals surface area contributed by atoms with Crippen LogP contribution in [0.15, 0.2) is 0 Å². The van der Waals surface area contributed by atoms with E-state index in [-0.39, 0.29) is 11.5 Å². The molecule has 0 amide bonds. The minimum Gasteiger partial charge on any atom is -0.478 e. The predicted octanol–water partition coefficient (Wildman–Crippen LogP) is 1.96. The molecule has 14 heavy (non-hydrogen) atoms. The van der Waals surface area contributed by atoms with Gasteiger partial charge in [-0.05, 0) is 18.4 Å². The van der Waals surface area contributed by atoms with Gasteiger partial charge in [0.25, 0.3) is 0 Å². The number of aryl methyl sites for hydroxylation is 1. The van der Waals surface area contributed by atoms with Crippen LogP contribution in [0.3, 0.4) is 0 Å². The highest BCUT2D eigenvalue weighted by molar-refractivity contribution is 5.94. The van der Waals surface area contributed by atoms with Gasteiger partial charge in [-0.15, -0.1) is 0 Å². The number of carbonyl (C=O) groups excluding carboxylic acids is 1. The van der Waals surface area contributed by atoms with Crippen LogP contribution in [0.2, 0.25) is 0 Å². The van der Waals surface area contributed by atoms with Gasteiger partial charge in [0, 0.05) is 5.69 Å². The van der Waals surface area contributed by atoms with Crippen molar-refractivity contribution in [2.75, 3.05) is 0 Å². The number of carboxylic acid groups (broad SMARTS) is 1. The lowest BCUT2D eigenvalue weighted by Crippen LogP contribution is -2.03. The van der Waals surface area contributed by atoms with E-state index in [1.807, 2.05) is 13.8 Å². The van der Waals surface area contributed by atoms with E-state index in [0.717, 1.165) is 0 Å². The summed E-state index contributed by atoms with van der Waals surface area (Å²) in [5.74, 6) is -0.971. The molecule has 0 saturated carbocycles. The molecule has 0 aliphatic carbocycles. The van der Waals surface area contributed by atoms with Crippen molar-refractivity contribution < 1.29 is 14.7 Å². The highest BCUT2D eigenvalue weighted by atomic mass is 16.4. The summed E-state index contributed by atoms with van der Waals surface area (Å²) in [7, 11) is 0. The Morgan fingerprint density at radius 3 is 2.43 bits per heavy atom. The molecule has 1 aromatic heterocycles. The number of aromatic carboxylic acids is 1. The maximum atomic E-state index is 10.9. The zero-order chi connectivity index (χ0) is 10.9. The molecule has 0 aliphatic rings. The third-order valence-electron chi connectivity index (χ3n) is 2.17. The number of aromatic nitrogens is 1. The Bertz CT molecular complexity index is 377. The number of aromatic amines is 1. The second-order valence-electron chi connectivity index (χ2n) is 3.53. The van der Waals surface area contributed by atoms with Gasteiger partial charge in [0.15, 0.2) is 6.29 Å². The van der Waals surface area contributed by atoms with Crippen molar-refractivity contribution in [1.29, 1.82) is 0 Å². The first-order valence-corrected chi connectivity index (χ1v) is 4.40. The number of hydrogen-bond acceptors (Lipinski definition) is 2. The lowest BCUT2D eigenvalue weighted by Gasteiger charge is -2.05. The van der Waals surface area contributed by atoms with Crippen LogP contribution in [-0.4, -0.2) is 22.3 Å². The second kappa shape index (κ2) is 3.65. The minimum atomic E-state index is -0.990. The lowest BCUT2D eigenvalue weighted by atomic mass is 9.98. The van der Waals surface area contributed by atoms with Crippen molar-refractivity contribution in [3.8, 4) is 0 Å². The summed E-state index contributed by atoms with van der Waals surface area (Å²) < 4.78 is 0. The SMILES string of the molecule is Cc1[nH]c(C=O)c(C(C)C)c1C(=O)O. The van der Waals surface area contributed by atoms with Gasteiger partial charge in [0.2, 0.25) is 0 Å². The average Bonchev–Trinajstić information content (AvgIpc) is 2.41. The van der Waals surface area contributed by atoms with Crippen LogP contribution in [-0.2, 0) is 0 Å². The molecule has 1 heterocycles. The van der Waals surface area contributed by atoms with E-state index in [4.69, 9.17) is 5.11 Å². The number of hydrogen-bond donors (Lipinski definition) is 2. The molecule has 1 aromatic rings. The zero-order valence-electron chi connectivity index (χ0n) is 8.42. The number of H-pyrrole nitrogens is 1. The smallest absolute Gasteiger partial charge is 0.337 e. The van der Waals surface area contributed by atoms with E-state index < -0.39 is 5.97 Å². The van der Waals surface area contributed by atoms with Crippen LogP contribution in [0.5, 0.6) is 0 Å². The molecule has 0 atom stereocenters. The number of aldehydes is 1. The molecular weight excluding hydrogens is 182 g/mol. The molecule has 0 aromatic carbocycles.